The topological polar surface area (TPSA) is 94.7 Å². The average molecular weight is 442 g/mol. The zero-order valence-electron chi connectivity index (χ0n) is 17.8. The van der Waals surface area contributed by atoms with Gasteiger partial charge in [-0.1, -0.05) is 37.6 Å². The Morgan fingerprint density at radius 2 is 1.84 bits per heavy atom. The molecule has 0 aliphatic carbocycles. The van der Waals surface area contributed by atoms with Crippen molar-refractivity contribution >= 4 is 5.97 Å². The monoisotopic (exact) mass is 442 g/mol. The Hall–Kier alpha value is -3.52. The van der Waals surface area contributed by atoms with Gasteiger partial charge < -0.3 is 20.3 Å². The number of aryl methyl sites for hydroxylation is 1. The van der Waals surface area contributed by atoms with Crippen LogP contribution in [0.2, 0.25) is 0 Å². The highest BCUT2D eigenvalue weighted by Crippen LogP contribution is 2.32. The SMILES string of the molecule is CCC[C@@H](Oc1nc(Oc2cc(C)cc(-c3cccc(CN)c3)c2)c(F)cc1F)C(=O)O. The Morgan fingerprint density at radius 3 is 2.53 bits per heavy atom. The predicted octanol–water partition coefficient (Wildman–Crippen LogP) is 5.22. The van der Waals surface area contributed by atoms with Crippen LogP contribution in [0.5, 0.6) is 17.5 Å². The lowest BCUT2D eigenvalue weighted by Gasteiger charge is -2.15. The molecule has 3 rings (SSSR count). The molecule has 3 aromatic rings. The molecule has 0 aliphatic rings. The summed E-state index contributed by atoms with van der Waals surface area (Å²) in [5.41, 5.74) is 9.26. The van der Waals surface area contributed by atoms with Crippen molar-refractivity contribution in [3.63, 3.8) is 0 Å². The molecule has 168 valence electrons. The van der Waals surface area contributed by atoms with E-state index in [-0.39, 0.29) is 12.2 Å². The van der Waals surface area contributed by atoms with Crippen LogP contribution in [0, 0.1) is 18.6 Å². The van der Waals surface area contributed by atoms with E-state index in [1.54, 1.807) is 19.1 Å². The smallest absolute Gasteiger partial charge is 0.344 e. The van der Waals surface area contributed by atoms with Crippen LogP contribution in [-0.2, 0) is 11.3 Å². The first-order valence-corrected chi connectivity index (χ1v) is 10.1. The van der Waals surface area contributed by atoms with E-state index in [1.807, 2.05) is 37.3 Å². The summed E-state index contributed by atoms with van der Waals surface area (Å²) in [6, 6.07) is 13.5. The van der Waals surface area contributed by atoms with Gasteiger partial charge >= 0.3 is 5.97 Å². The number of ether oxygens (including phenoxy) is 2. The van der Waals surface area contributed by atoms with Crippen LogP contribution in [-0.4, -0.2) is 22.2 Å². The van der Waals surface area contributed by atoms with E-state index in [2.05, 4.69) is 4.98 Å². The number of carboxylic acids is 1. The van der Waals surface area contributed by atoms with Crippen LogP contribution >= 0.6 is 0 Å². The maximum Gasteiger partial charge on any atom is 0.344 e. The normalized spacial score (nSPS) is 11.8. The Kier molecular flexibility index (Phi) is 7.37. The molecule has 0 saturated carbocycles. The number of aliphatic carboxylic acids is 1. The summed E-state index contributed by atoms with van der Waals surface area (Å²) in [6.45, 7) is 4.01. The number of hydrogen-bond donors (Lipinski definition) is 2. The van der Waals surface area contributed by atoms with Crippen molar-refractivity contribution in [3.05, 3.63) is 71.3 Å². The van der Waals surface area contributed by atoms with Crippen molar-refractivity contribution in [1.29, 1.82) is 0 Å². The van der Waals surface area contributed by atoms with Crippen molar-refractivity contribution < 1.29 is 28.2 Å². The minimum atomic E-state index is -1.30. The van der Waals surface area contributed by atoms with Gasteiger partial charge in [0, 0.05) is 12.6 Å². The Labute approximate surface area is 184 Å². The first-order valence-electron chi connectivity index (χ1n) is 10.1. The summed E-state index contributed by atoms with van der Waals surface area (Å²) in [4.78, 5) is 15.1. The zero-order chi connectivity index (χ0) is 23.3. The first-order chi connectivity index (χ1) is 15.3. The van der Waals surface area contributed by atoms with Gasteiger partial charge in [-0.2, -0.15) is 4.98 Å². The molecule has 2 aromatic carbocycles. The number of aromatic nitrogens is 1. The Morgan fingerprint density at radius 1 is 1.09 bits per heavy atom. The van der Waals surface area contributed by atoms with Gasteiger partial charge in [-0.25, -0.2) is 13.6 Å². The molecule has 1 heterocycles. The highest BCUT2D eigenvalue weighted by atomic mass is 19.1. The van der Waals surface area contributed by atoms with Gasteiger partial charge in [-0.3, -0.25) is 0 Å². The lowest BCUT2D eigenvalue weighted by Crippen LogP contribution is -2.27. The van der Waals surface area contributed by atoms with E-state index >= 15 is 0 Å². The number of nitrogens with zero attached hydrogens (tertiary/aromatic N) is 1. The van der Waals surface area contributed by atoms with Crippen molar-refractivity contribution in [2.24, 2.45) is 5.73 Å². The molecular formula is C24H24F2N2O4. The minimum Gasteiger partial charge on any atom is -0.479 e. The van der Waals surface area contributed by atoms with E-state index in [1.165, 1.54) is 0 Å². The molecule has 6 nitrogen and oxygen atoms in total. The summed E-state index contributed by atoms with van der Waals surface area (Å²) in [5, 5.41) is 9.23. The second-order valence-corrected chi connectivity index (χ2v) is 7.34. The maximum atomic E-state index is 14.4. The number of carbonyl (C=O) groups is 1. The highest BCUT2D eigenvalue weighted by molar-refractivity contribution is 5.72. The molecule has 0 bridgehead atoms. The van der Waals surface area contributed by atoms with Crippen molar-refractivity contribution in [3.8, 4) is 28.6 Å². The van der Waals surface area contributed by atoms with E-state index < -0.39 is 35.5 Å². The fourth-order valence-electron chi connectivity index (χ4n) is 3.18. The van der Waals surface area contributed by atoms with Gasteiger partial charge in [0.25, 0.3) is 11.8 Å². The van der Waals surface area contributed by atoms with Crippen molar-refractivity contribution in [2.75, 3.05) is 0 Å². The molecule has 0 unspecified atom stereocenters. The molecule has 0 spiro atoms. The molecule has 1 aromatic heterocycles. The molecule has 8 heteroatoms. The number of halogens is 2. The zero-order valence-corrected chi connectivity index (χ0v) is 17.8. The van der Waals surface area contributed by atoms with Crippen LogP contribution in [0.15, 0.2) is 48.5 Å². The van der Waals surface area contributed by atoms with Gasteiger partial charge in [0.2, 0.25) is 0 Å². The van der Waals surface area contributed by atoms with Crippen LogP contribution in [0.25, 0.3) is 11.1 Å². The second kappa shape index (κ2) is 10.2. The molecule has 1 atom stereocenters. The van der Waals surface area contributed by atoms with Gasteiger partial charge in [0.15, 0.2) is 17.7 Å². The summed E-state index contributed by atoms with van der Waals surface area (Å²) in [7, 11) is 0. The molecule has 32 heavy (non-hydrogen) atoms. The fraction of sp³-hybridized carbons (Fsp3) is 0.250. The summed E-state index contributed by atoms with van der Waals surface area (Å²) in [5.74, 6) is -4.28. The molecule has 0 fully saturated rings. The number of hydrogen-bond acceptors (Lipinski definition) is 5. The van der Waals surface area contributed by atoms with Gasteiger partial charge in [0.05, 0.1) is 0 Å². The lowest BCUT2D eigenvalue weighted by atomic mass is 10.0. The van der Waals surface area contributed by atoms with E-state index in [9.17, 15) is 18.7 Å². The van der Waals surface area contributed by atoms with Crippen molar-refractivity contribution in [1.82, 2.24) is 4.98 Å². The van der Waals surface area contributed by atoms with Gasteiger partial charge in [0.1, 0.15) is 5.75 Å². The molecule has 0 saturated heterocycles. The summed E-state index contributed by atoms with van der Waals surface area (Å²) >= 11 is 0. The number of benzene rings is 2. The predicted molar refractivity (Wildman–Crippen MR) is 116 cm³/mol. The molecule has 0 aliphatic heterocycles. The fourth-order valence-corrected chi connectivity index (χ4v) is 3.18. The third-order valence-corrected chi connectivity index (χ3v) is 4.71. The minimum absolute atomic E-state index is 0.146. The number of carboxylic acid groups (broad SMARTS) is 1. The van der Waals surface area contributed by atoms with Crippen LogP contribution < -0.4 is 15.2 Å². The quantitative estimate of drug-likeness (QED) is 0.472. The lowest BCUT2D eigenvalue weighted by molar-refractivity contribution is -0.145. The maximum absolute atomic E-state index is 14.4. The van der Waals surface area contributed by atoms with E-state index in [0.29, 0.717) is 19.0 Å². The van der Waals surface area contributed by atoms with Gasteiger partial charge in [-0.15, -0.1) is 0 Å². The first kappa shape index (κ1) is 23.1. The van der Waals surface area contributed by atoms with E-state index in [4.69, 9.17) is 15.2 Å². The third kappa shape index (κ3) is 5.59. The van der Waals surface area contributed by atoms with Crippen LogP contribution in [0.3, 0.4) is 0 Å². The molecular weight excluding hydrogens is 418 g/mol. The van der Waals surface area contributed by atoms with E-state index in [0.717, 1.165) is 22.3 Å². The Bertz CT molecular complexity index is 1120. The van der Waals surface area contributed by atoms with Crippen molar-refractivity contribution in [2.45, 2.75) is 39.3 Å². The summed E-state index contributed by atoms with van der Waals surface area (Å²) in [6.07, 6.45) is -0.658. The number of nitrogens with two attached hydrogens (primary N) is 1. The highest BCUT2D eigenvalue weighted by Gasteiger charge is 2.23. The molecule has 0 amide bonds. The standard InChI is InChI=1S/C24H24F2N2O4/c1-3-5-21(24(29)30)32-23-20(26)12-19(25)22(28-23)31-18-9-14(2)8-17(11-18)16-7-4-6-15(10-16)13-27/h4,6-12,21H,3,5,13,27H2,1-2H3,(H,29,30)/t21-/m1/s1. The molecule has 3 N–H and O–H groups in total. The third-order valence-electron chi connectivity index (χ3n) is 4.71. The largest absolute Gasteiger partial charge is 0.479 e. The number of rotatable bonds is 9. The van der Waals surface area contributed by atoms with Crippen LogP contribution in [0.4, 0.5) is 8.78 Å². The number of pyridine rings is 1. The van der Waals surface area contributed by atoms with Gasteiger partial charge in [-0.05, 0) is 53.8 Å². The second-order valence-electron chi connectivity index (χ2n) is 7.34. The Balaban J connectivity index is 1.93. The van der Waals surface area contributed by atoms with Crippen LogP contribution in [0.1, 0.15) is 30.9 Å². The summed E-state index contributed by atoms with van der Waals surface area (Å²) < 4.78 is 39.3. The average Bonchev–Trinajstić information content (AvgIpc) is 2.76. The molecule has 0 radical (unpaired) electrons.